The molecule has 1 radical (unpaired) electrons. The molecule has 1 aromatic heterocycles. The van der Waals surface area contributed by atoms with E-state index in [9.17, 15) is 0 Å². The summed E-state index contributed by atoms with van der Waals surface area (Å²) in [6.07, 6.45) is 1.07. The first kappa shape index (κ1) is 9.28. The van der Waals surface area contributed by atoms with Gasteiger partial charge in [-0.1, -0.05) is 6.07 Å². The highest BCUT2D eigenvalue weighted by atomic mass is 15.0. The molecule has 2 heteroatoms. The lowest BCUT2D eigenvalue weighted by molar-refractivity contribution is 0.412. The predicted octanol–water partition coefficient (Wildman–Crippen LogP) is 2.07. The SMILES string of the molecule is CN(C)CCc1cc2c[c]ccc2[nH]1. The second-order valence-corrected chi connectivity index (χ2v) is 3.86. The second kappa shape index (κ2) is 3.84. The van der Waals surface area contributed by atoms with Crippen LogP contribution in [0.1, 0.15) is 5.69 Å². The van der Waals surface area contributed by atoms with Gasteiger partial charge in [0, 0.05) is 29.6 Å². The van der Waals surface area contributed by atoms with Crippen LogP contribution in [-0.2, 0) is 6.42 Å². The average Bonchev–Trinajstić information content (AvgIpc) is 2.57. The normalized spacial score (nSPS) is 11.4. The van der Waals surface area contributed by atoms with E-state index in [0.717, 1.165) is 13.0 Å². The Morgan fingerprint density at radius 2 is 2.29 bits per heavy atom. The zero-order chi connectivity index (χ0) is 9.97. The Kier molecular flexibility index (Phi) is 2.55. The molecule has 0 aliphatic rings. The zero-order valence-corrected chi connectivity index (χ0v) is 8.67. The van der Waals surface area contributed by atoms with Gasteiger partial charge in [-0.3, -0.25) is 0 Å². The molecule has 2 nitrogen and oxygen atoms in total. The van der Waals surface area contributed by atoms with Crippen molar-refractivity contribution in [2.24, 2.45) is 0 Å². The van der Waals surface area contributed by atoms with Crippen LogP contribution in [0.15, 0.2) is 24.3 Å². The fourth-order valence-electron chi connectivity index (χ4n) is 1.55. The number of benzene rings is 1. The highest BCUT2D eigenvalue weighted by Gasteiger charge is 1.99. The van der Waals surface area contributed by atoms with Gasteiger partial charge in [0.1, 0.15) is 0 Å². The Morgan fingerprint density at radius 1 is 1.43 bits per heavy atom. The van der Waals surface area contributed by atoms with E-state index in [1.807, 2.05) is 12.1 Å². The molecule has 0 aliphatic carbocycles. The van der Waals surface area contributed by atoms with Crippen LogP contribution in [0.5, 0.6) is 0 Å². The Labute approximate surface area is 84.5 Å². The predicted molar refractivity (Wildman–Crippen MR) is 59.4 cm³/mol. The number of aromatic amines is 1. The molecule has 1 heterocycles. The molecule has 2 aromatic rings. The van der Waals surface area contributed by atoms with E-state index in [-0.39, 0.29) is 0 Å². The number of H-pyrrole nitrogens is 1. The van der Waals surface area contributed by atoms with Crippen molar-refractivity contribution >= 4 is 10.9 Å². The van der Waals surface area contributed by atoms with Crippen LogP contribution >= 0.6 is 0 Å². The largest absolute Gasteiger partial charge is 0.358 e. The first-order valence-corrected chi connectivity index (χ1v) is 4.88. The van der Waals surface area contributed by atoms with Gasteiger partial charge in [0.15, 0.2) is 0 Å². The van der Waals surface area contributed by atoms with Gasteiger partial charge in [0.05, 0.1) is 0 Å². The first-order chi connectivity index (χ1) is 6.75. The number of fused-ring (bicyclic) bond motifs is 1. The van der Waals surface area contributed by atoms with E-state index in [0.29, 0.717) is 0 Å². The van der Waals surface area contributed by atoms with Crippen molar-refractivity contribution in [2.45, 2.75) is 6.42 Å². The minimum atomic E-state index is 1.07. The van der Waals surface area contributed by atoms with Gasteiger partial charge in [0.2, 0.25) is 0 Å². The number of hydrogen-bond donors (Lipinski definition) is 1. The zero-order valence-electron chi connectivity index (χ0n) is 8.67. The minimum absolute atomic E-state index is 1.07. The molecule has 1 N–H and O–H groups in total. The van der Waals surface area contributed by atoms with E-state index in [1.165, 1.54) is 16.6 Å². The summed E-state index contributed by atoms with van der Waals surface area (Å²) in [6.45, 7) is 1.08. The first-order valence-electron chi connectivity index (χ1n) is 4.88. The summed E-state index contributed by atoms with van der Waals surface area (Å²) in [5, 5.41) is 1.25. The van der Waals surface area contributed by atoms with Crippen molar-refractivity contribution in [3.63, 3.8) is 0 Å². The second-order valence-electron chi connectivity index (χ2n) is 3.86. The van der Waals surface area contributed by atoms with Gasteiger partial charge < -0.3 is 9.88 Å². The highest BCUT2D eigenvalue weighted by molar-refractivity contribution is 5.79. The molecule has 2 rings (SSSR count). The fourth-order valence-corrected chi connectivity index (χ4v) is 1.55. The smallest absolute Gasteiger partial charge is 0.0456 e. The van der Waals surface area contributed by atoms with Crippen LogP contribution in [0.2, 0.25) is 0 Å². The Morgan fingerprint density at radius 3 is 3.00 bits per heavy atom. The van der Waals surface area contributed by atoms with E-state index >= 15 is 0 Å². The third-order valence-corrected chi connectivity index (χ3v) is 2.35. The van der Waals surface area contributed by atoms with E-state index < -0.39 is 0 Å². The molecule has 0 aliphatic heterocycles. The summed E-state index contributed by atoms with van der Waals surface area (Å²) in [4.78, 5) is 5.60. The van der Waals surface area contributed by atoms with Gasteiger partial charge in [-0.25, -0.2) is 0 Å². The molecule has 0 bridgehead atoms. The van der Waals surface area contributed by atoms with Crippen molar-refractivity contribution in [1.29, 1.82) is 0 Å². The van der Waals surface area contributed by atoms with Crippen molar-refractivity contribution in [3.05, 3.63) is 36.0 Å². The Bertz CT molecular complexity index is 382. The Hall–Kier alpha value is -1.28. The lowest BCUT2D eigenvalue weighted by Crippen LogP contribution is -2.15. The lowest BCUT2D eigenvalue weighted by Gasteiger charge is -2.07. The molecule has 0 unspecified atom stereocenters. The van der Waals surface area contributed by atoms with Crippen LogP contribution < -0.4 is 0 Å². The number of rotatable bonds is 3. The molecule has 14 heavy (non-hydrogen) atoms. The van der Waals surface area contributed by atoms with Gasteiger partial charge in [-0.2, -0.15) is 0 Å². The Balaban J connectivity index is 2.19. The van der Waals surface area contributed by atoms with E-state index in [1.54, 1.807) is 0 Å². The van der Waals surface area contributed by atoms with E-state index in [2.05, 4.69) is 42.2 Å². The molecule has 0 fully saturated rings. The summed E-state index contributed by atoms with van der Waals surface area (Å²) >= 11 is 0. The van der Waals surface area contributed by atoms with E-state index in [4.69, 9.17) is 0 Å². The number of nitrogens with zero attached hydrogens (tertiary/aromatic N) is 1. The summed E-state index contributed by atoms with van der Waals surface area (Å²) in [7, 11) is 4.19. The number of aromatic nitrogens is 1. The molecule has 73 valence electrons. The van der Waals surface area contributed by atoms with Crippen molar-refractivity contribution < 1.29 is 0 Å². The quantitative estimate of drug-likeness (QED) is 0.779. The molecule has 0 spiro atoms. The van der Waals surface area contributed by atoms with Crippen molar-refractivity contribution in [2.75, 3.05) is 20.6 Å². The van der Waals surface area contributed by atoms with Gasteiger partial charge in [-0.15, -0.1) is 0 Å². The number of nitrogens with one attached hydrogen (secondary N) is 1. The lowest BCUT2D eigenvalue weighted by atomic mass is 10.2. The van der Waals surface area contributed by atoms with Gasteiger partial charge in [0.25, 0.3) is 0 Å². The molecule has 0 atom stereocenters. The molecule has 1 aromatic carbocycles. The van der Waals surface area contributed by atoms with Crippen LogP contribution in [-0.4, -0.2) is 30.5 Å². The molecule has 0 saturated heterocycles. The maximum atomic E-state index is 3.40. The fraction of sp³-hybridized carbons (Fsp3) is 0.333. The monoisotopic (exact) mass is 187 g/mol. The summed E-state index contributed by atoms with van der Waals surface area (Å²) in [5.74, 6) is 0. The maximum absolute atomic E-state index is 3.40. The summed E-state index contributed by atoms with van der Waals surface area (Å²) < 4.78 is 0. The summed E-state index contributed by atoms with van der Waals surface area (Å²) in [6, 6.07) is 11.3. The van der Waals surface area contributed by atoms with Crippen LogP contribution in [0.25, 0.3) is 10.9 Å². The molecular formula is C12H15N2. The molecule has 0 amide bonds. The third-order valence-electron chi connectivity index (χ3n) is 2.35. The van der Waals surface area contributed by atoms with Gasteiger partial charge >= 0.3 is 0 Å². The van der Waals surface area contributed by atoms with Crippen molar-refractivity contribution in [1.82, 2.24) is 9.88 Å². The third kappa shape index (κ3) is 1.96. The van der Waals surface area contributed by atoms with Crippen LogP contribution in [0, 0.1) is 6.07 Å². The highest BCUT2D eigenvalue weighted by Crippen LogP contribution is 2.14. The molecular weight excluding hydrogens is 172 g/mol. The summed E-state index contributed by atoms with van der Waals surface area (Å²) in [5.41, 5.74) is 2.51. The topological polar surface area (TPSA) is 19.0 Å². The maximum Gasteiger partial charge on any atom is 0.0456 e. The standard InChI is InChI=1S/C12H15N2/c1-14(2)8-7-11-9-10-5-3-4-6-12(10)13-11/h4-6,9,13H,7-8H2,1-2H3. The minimum Gasteiger partial charge on any atom is -0.358 e. The van der Waals surface area contributed by atoms with Crippen LogP contribution in [0.3, 0.4) is 0 Å². The molecule has 0 saturated carbocycles. The number of likely N-dealkylation sites (N-methyl/N-ethyl adjacent to an activating group) is 1. The van der Waals surface area contributed by atoms with Gasteiger partial charge in [-0.05, 0) is 38.4 Å². The number of hydrogen-bond acceptors (Lipinski definition) is 1. The average molecular weight is 187 g/mol. The van der Waals surface area contributed by atoms with Crippen LogP contribution in [0.4, 0.5) is 0 Å². The van der Waals surface area contributed by atoms with Crippen molar-refractivity contribution in [3.8, 4) is 0 Å².